The summed E-state index contributed by atoms with van der Waals surface area (Å²) in [4.78, 5) is 31.0. The Kier molecular flexibility index (Phi) is 4.20. The maximum absolute atomic E-state index is 13.5. The van der Waals surface area contributed by atoms with Crippen LogP contribution in [-0.2, 0) is 34.7 Å². The van der Waals surface area contributed by atoms with Gasteiger partial charge in [0.2, 0.25) is 0 Å². The Morgan fingerprint density at radius 1 is 1.24 bits per heavy atom. The number of hydrogen-bond donors (Lipinski definition) is 2. The van der Waals surface area contributed by atoms with Gasteiger partial charge in [-0.15, -0.1) is 0 Å². The Hall–Kier alpha value is -3.03. The molecule has 2 unspecified atom stereocenters. The molecule has 2 aromatic heterocycles. The number of rotatable bonds is 2. The fourth-order valence-corrected chi connectivity index (χ4v) is 6.02. The predicted molar refractivity (Wildman–Crippen MR) is 124 cm³/mol. The van der Waals surface area contributed by atoms with Crippen LogP contribution in [0.2, 0.25) is 0 Å². The van der Waals surface area contributed by atoms with E-state index >= 15 is 0 Å². The number of fused-ring (bicyclic) bond motifs is 5. The average Bonchev–Trinajstić information content (AvgIpc) is 3.18. The van der Waals surface area contributed by atoms with Crippen molar-refractivity contribution < 1.29 is 14.6 Å². The Balaban J connectivity index is 1.70. The first kappa shape index (κ1) is 20.6. The number of ether oxygens (including phenoxy) is 1. The van der Waals surface area contributed by atoms with E-state index in [9.17, 15) is 14.7 Å². The zero-order valence-electron chi connectivity index (χ0n) is 19.3. The Labute approximate surface area is 191 Å². The van der Waals surface area contributed by atoms with Gasteiger partial charge in [0.25, 0.3) is 5.56 Å². The number of esters is 1. The molecule has 0 saturated carbocycles. The molecule has 1 aliphatic carbocycles. The summed E-state index contributed by atoms with van der Waals surface area (Å²) in [6.45, 7) is 6.33. The molecule has 7 heteroatoms. The van der Waals surface area contributed by atoms with Gasteiger partial charge in [-0.3, -0.25) is 4.79 Å². The highest BCUT2D eigenvalue weighted by Crippen LogP contribution is 2.45. The van der Waals surface area contributed by atoms with Crippen molar-refractivity contribution in [1.82, 2.24) is 14.9 Å². The third-order valence-electron chi connectivity index (χ3n) is 8.05. The molecule has 2 atom stereocenters. The van der Waals surface area contributed by atoms with Gasteiger partial charge in [-0.25, -0.2) is 9.78 Å². The largest absolute Gasteiger partial charge is 0.458 e. The highest BCUT2D eigenvalue weighted by Gasteiger charge is 2.45. The van der Waals surface area contributed by atoms with E-state index in [-0.39, 0.29) is 24.6 Å². The number of nitrogens with zero attached hydrogens (tertiary/aromatic N) is 2. The van der Waals surface area contributed by atoms with Crippen LogP contribution in [0.4, 0.5) is 0 Å². The monoisotopic (exact) mass is 445 g/mol. The van der Waals surface area contributed by atoms with Crippen molar-refractivity contribution in [3.8, 4) is 11.4 Å². The van der Waals surface area contributed by atoms with Crippen molar-refractivity contribution in [3.63, 3.8) is 0 Å². The second kappa shape index (κ2) is 6.74. The van der Waals surface area contributed by atoms with Gasteiger partial charge in [-0.1, -0.05) is 6.92 Å². The van der Waals surface area contributed by atoms with Crippen molar-refractivity contribution in [2.75, 3.05) is 7.05 Å². The van der Waals surface area contributed by atoms with Crippen LogP contribution in [0, 0.1) is 13.8 Å². The summed E-state index contributed by atoms with van der Waals surface area (Å²) in [7, 11) is 1.98. The Morgan fingerprint density at radius 2 is 2.03 bits per heavy atom. The maximum Gasteiger partial charge on any atom is 0.343 e. The number of cyclic esters (lactones) is 1. The molecule has 1 aromatic carbocycles. The molecule has 0 saturated heterocycles. The van der Waals surface area contributed by atoms with Gasteiger partial charge in [0.1, 0.15) is 6.61 Å². The summed E-state index contributed by atoms with van der Waals surface area (Å²) < 4.78 is 6.92. The number of aryl methyl sites for hydroxylation is 2. The molecule has 33 heavy (non-hydrogen) atoms. The molecule has 4 heterocycles. The average molecular weight is 446 g/mol. The minimum absolute atomic E-state index is 0.115. The van der Waals surface area contributed by atoms with Crippen LogP contribution in [0.25, 0.3) is 22.3 Å². The van der Waals surface area contributed by atoms with Crippen molar-refractivity contribution in [3.05, 3.63) is 61.4 Å². The Morgan fingerprint density at radius 3 is 2.76 bits per heavy atom. The van der Waals surface area contributed by atoms with E-state index in [0.717, 1.165) is 29.6 Å². The van der Waals surface area contributed by atoms with Crippen LogP contribution < -0.4 is 10.9 Å². The van der Waals surface area contributed by atoms with Crippen LogP contribution in [0.3, 0.4) is 0 Å². The summed E-state index contributed by atoms with van der Waals surface area (Å²) >= 11 is 0. The topological polar surface area (TPSA) is 93.5 Å². The first-order valence-corrected chi connectivity index (χ1v) is 11.6. The number of carbonyl (C=O) groups excluding carboxylic acids is 1. The number of hydrogen-bond acceptors (Lipinski definition) is 6. The van der Waals surface area contributed by atoms with Crippen LogP contribution in [0.5, 0.6) is 0 Å². The lowest BCUT2D eigenvalue weighted by Crippen LogP contribution is -2.44. The van der Waals surface area contributed by atoms with Crippen LogP contribution >= 0.6 is 0 Å². The van der Waals surface area contributed by atoms with E-state index in [4.69, 9.17) is 9.72 Å². The summed E-state index contributed by atoms with van der Waals surface area (Å²) in [6, 6.07) is 4.10. The third kappa shape index (κ3) is 2.49. The zero-order chi connectivity index (χ0) is 23.2. The van der Waals surface area contributed by atoms with Gasteiger partial charge in [-0.05, 0) is 74.5 Å². The molecule has 0 spiro atoms. The van der Waals surface area contributed by atoms with Gasteiger partial charge in [0.05, 0.1) is 29.0 Å². The Bertz CT molecular complexity index is 1450. The molecule has 170 valence electrons. The maximum atomic E-state index is 13.5. The van der Waals surface area contributed by atoms with Crippen molar-refractivity contribution in [2.24, 2.45) is 0 Å². The lowest BCUT2D eigenvalue weighted by molar-refractivity contribution is -0.172. The molecule has 0 radical (unpaired) electrons. The normalized spacial score (nSPS) is 22.7. The van der Waals surface area contributed by atoms with E-state index in [1.54, 1.807) is 17.6 Å². The summed E-state index contributed by atoms with van der Waals surface area (Å²) in [5.41, 5.74) is 7.19. The van der Waals surface area contributed by atoms with Gasteiger partial charge in [0, 0.05) is 22.6 Å². The highest BCUT2D eigenvalue weighted by molar-refractivity contribution is 5.93. The second-order valence-electron chi connectivity index (χ2n) is 9.53. The highest BCUT2D eigenvalue weighted by atomic mass is 16.6. The molecule has 0 amide bonds. The van der Waals surface area contributed by atoms with E-state index in [2.05, 4.69) is 25.2 Å². The van der Waals surface area contributed by atoms with Crippen molar-refractivity contribution in [2.45, 2.75) is 64.8 Å². The van der Waals surface area contributed by atoms with E-state index in [0.29, 0.717) is 23.4 Å². The SMILES string of the molecule is CCC1(O)C(=O)OCc2c1cc1n(c2=O)Cc2c-1nc1cc(C)c(C)c3c1c2C(NC)CC3. The summed E-state index contributed by atoms with van der Waals surface area (Å²) in [5, 5.41) is 15.8. The molecule has 0 bridgehead atoms. The molecule has 3 aliphatic rings. The van der Waals surface area contributed by atoms with Gasteiger partial charge in [-0.2, -0.15) is 0 Å². The second-order valence-corrected chi connectivity index (χ2v) is 9.53. The van der Waals surface area contributed by atoms with Crippen LogP contribution in [-0.4, -0.2) is 27.7 Å². The van der Waals surface area contributed by atoms with Crippen molar-refractivity contribution >= 4 is 16.9 Å². The van der Waals surface area contributed by atoms with Crippen molar-refractivity contribution in [1.29, 1.82) is 0 Å². The summed E-state index contributed by atoms with van der Waals surface area (Å²) in [5.74, 6) is -0.701. The minimum atomic E-state index is -1.81. The number of nitrogens with one attached hydrogen (secondary N) is 1. The standard InChI is InChI=1S/C26H27N3O4/c1-5-26(32)17-9-20-23-15(10-29(20)24(30)16(17)11-33-25(26)31)22-18(27-4)7-6-14-13(3)12(2)8-19(28-23)21(14)22/h8-9,18,27,32H,5-7,10-11H2,1-4H3. The number of benzene rings is 1. The molecule has 7 nitrogen and oxygen atoms in total. The predicted octanol–water partition coefficient (Wildman–Crippen LogP) is 2.90. The first-order valence-electron chi connectivity index (χ1n) is 11.6. The summed E-state index contributed by atoms with van der Waals surface area (Å²) in [6.07, 6.45) is 2.11. The molecular weight excluding hydrogens is 418 g/mol. The van der Waals surface area contributed by atoms with Gasteiger partial charge in [0.15, 0.2) is 5.60 Å². The molecule has 3 aromatic rings. The van der Waals surface area contributed by atoms with Crippen LogP contribution in [0.15, 0.2) is 16.9 Å². The smallest absolute Gasteiger partial charge is 0.343 e. The lowest BCUT2D eigenvalue weighted by Gasteiger charge is -2.31. The number of aliphatic hydroxyl groups is 1. The van der Waals surface area contributed by atoms with E-state index < -0.39 is 11.6 Å². The fourth-order valence-electron chi connectivity index (χ4n) is 6.02. The number of carbonyl (C=O) groups is 1. The van der Waals surface area contributed by atoms with Gasteiger partial charge >= 0.3 is 5.97 Å². The molecule has 2 N–H and O–H groups in total. The number of pyridine rings is 2. The molecule has 2 aliphatic heterocycles. The molecular formula is C26H27N3O4. The number of aromatic nitrogens is 2. The van der Waals surface area contributed by atoms with E-state index in [1.165, 1.54) is 27.6 Å². The minimum Gasteiger partial charge on any atom is -0.458 e. The third-order valence-corrected chi connectivity index (χ3v) is 8.05. The van der Waals surface area contributed by atoms with E-state index in [1.807, 2.05) is 7.05 Å². The fraction of sp³-hybridized carbons (Fsp3) is 0.423. The quantitative estimate of drug-likeness (QED) is 0.461. The van der Waals surface area contributed by atoms with Crippen LogP contribution in [0.1, 0.15) is 64.8 Å². The van der Waals surface area contributed by atoms with Gasteiger partial charge < -0.3 is 19.7 Å². The first-order chi connectivity index (χ1) is 15.8. The lowest BCUT2D eigenvalue weighted by atomic mass is 9.81. The zero-order valence-corrected chi connectivity index (χ0v) is 19.3. The molecule has 6 rings (SSSR count). The molecule has 0 fully saturated rings.